The van der Waals surface area contributed by atoms with Gasteiger partial charge >= 0.3 is 0 Å². The number of aliphatic hydroxyl groups is 1. The van der Waals surface area contributed by atoms with Crippen LogP contribution in [0.2, 0.25) is 5.02 Å². The number of hydrogen-bond acceptors (Lipinski definition) is 4. The summed E-state index contributed by atoms with van der Waals surface area (Å²) in [5.41, 5.74) is 2.77. The van der Waals surface area contributed by atoms with E-state index in [1.807, 2.05) is 32.0 Å². The van der Waals surface area contributed by atoms with Crippen LogP contribution in [0.5, 0.6) is 0 Å². The second-order valence-corrected chi connectivity index (χ2v) is 7.85. The molecule has 6 heteroatoms. The van der Waals surface area contributed by atoms with Gasteiger partial charge in [0.1, 0.15) is 23.3 Å². The third kappa shape index (κ3) is 3.31. The first kappa shape index (κ1) is 20.0. The van der Waals surface area contributed by atoms with E-state index >= 15 is 0 Å². The number of nitrogens with zero attached hydrogens (tertiary/aromatic N) is 1. The van der Waals surface area contributed by atoms with Gasteiger partial charge < -0.3 is 9.52 Å². The lowest BCUT2D eigenvalue weighted by atomic mass is 9.99. The van der Waals surface area contributed by atoms with E-state index in [1.54, 1.807) is 43.3 Å². The number of ketones is 1. The number of aryl methyl sites for hydroxylation is 3. The zero-order valence-corrected chi connectivity index (χ0v) is 17.5. The number of amides is 1. The molecule has 1 aliphatic heterocycles. The number of furan rings is 1. The molecule has 30 heavy (non-hydrogen) atoms. The minimum absolute atomic E-state index is 0.0161. The maximum Gasteiger partial charge on any atom is 0.300 e. The second-order valence-electron chi connectivity index (χ2n) is 7.41. The summed E-state index contributed by atoms with van der Waals surface area (Å²) in [5, 5.41) is 11.5. The summed E-state index contributed by atoms with van der Waals surface area (Å²) in [4.78, 5) is 27.6. The zero-order valence-electron chi connectivity index (χ0n) is 16.8. The van der Waals surface area contributed by atoms with Crippen molar-refractivity contribution in [2.45, 2.75) is 26.8 Å². The Kier molecular flexibility index (Phi) is 5.00. The van der Waals surface area contributed by atoms with Gasteiger partial charge in [0, 0.05) is 16.3 Å². The molecule has 1 aromatic heterocycles. The van der Waals surface area contributed by atoms with Crippen LogP contribution in [0.1, 0.15) is 34.3 Å². The maximum absolute atomic E-state index is 13.1. The topological polar surface area (TPSA) is 70.8 Å². The fourth-order valence-corrected chi connectivity index (χ4v) is 3.82. The van der Waals surface area contributed by atoms with Gasteiger partial charge in [0.15, 0.2) is 0 Å². The number of anilines is 1. The van der Waals surface area contributed by atoms with E-state index in [0.717, 1.165) is 11.1 Å². The Bertz CT molecular complexity index is 1190. The van der Waals surface area contributed by atoms with Gasteiger partial charge in [-0.05, 0) is 74.4 Å². The molecule has 2 heterocycles. The summed E-state index contributed by atoms with van der Waals surface area (Å²) in [6.07, 6.45) is 0. The Morgan fingerprint density at radius 1 is 1.00 bits per heavy atom. The number of carbonyl (C=O) groups excluding carboxylic acids is 2. The number of rotatable bonds is 3. The quantitative estimate of drug-likeness (QED) is 0.345. The van der Waals surface area contributed by atoms with Crippen LogP contribution < -0.4 is 4.90 Å². The lowest BCUT2D eigenvalue weighted by molar-refractivity contribution is -0.132. The van der Waals surface area contributed by atoms with Crippen LogP contribution in [0.4, 0.5) is 5.69 Å². The van der Waals surface area contributed by atoms with E-state index in [1.165, 1.54) is 4.90 Å². The lowest BCUT2D eigenvalue weighted by Gasteiger charge is -2.25. The third-order valence-corrected chi connectivity index (χ3v) is 5.47. The molecular formula is C24H20ClNO4. The predicted molar refractivity (Wildman–Crippen MR) is 116 cm³/mol. The van der Waals surface area contributed by atoms with Crippen molar-refractivity contribution < 1.29 is 19.1 Å². The first-order valence-corrected chi connectivity index (χ1v) is 9.86. The summed E-state index contributed by atoms with van der Waals surface area (Å²) in [5.74, 6) is -0.691. The van der Waals surface area contributed by atoms with Gasteiger partial charge in [0.05, 0.1) is 5.57 Å². The molecule has 0 spiro atoms. The van der Waals surface area contributed by atoms with E-state index in [4.69, 9.17) is 16.0 Å². The first-order chi connectivity index (χ1) is 14.3. The fraction of sp³-hybridized carbons (Fsp3) is 0.167. The monoisotopic (exact) mass is 421 g/mol. The maximum atomic E-state index is 13.1. The van der Waals surface area contributed by atoms with Crippen molar-refractivity contribution in [1.82, 2.24) is 0 Å². The van der Waals surface area contributed by atoms with Crippen LogP contribution in [-0.4, -0.2) is 16.8 Å². The molecule has 1 N–H and O–H groups in total. The molecule has 1 saturated heterocycles. The van der Waals surface area contributed by atoms with Gasteiger partial charge in [-0.3, -0.25) is 14.5 Å². The number of hydrogen-bond donors (Lipinski definition) is 1. The summed E-state index contributed by atoms with van der Waals surface area (Å²) in [7, 11) is 0. The van der Waals surface area contributed by atoms with E-state index in [2.05, 4.69) is 0 Å². The van der Waals surface area contributed by atoms with Crippen molar-refractivity contribution in [2.24, 2.45) is 0 Å². The Balaban J connectivity index is 1.97. The molecule has 1 amide bonds. The number of halogens is 1. The highest BCUT2D eigenvalue weighted by atomic mass is 35.5. The van der Waals surface area contributed by atoms with Gasteiger partial charge in [-0.25, -0.2) is 0 Å². The average molecular weight is 422 g/mol. The molecule has 152 valence electrons. The average Bonchev–Trinajstić information content (AvgIpc) is 3.25. The highest BCUT2D eigenvalue weighted by molar-refractivity contribution is 6.51. The van der Waals surface area contributed by atoms with Gasteiger partial charge in [-0.15, -0.1) is 0 Å². The van der Waals surface area contributed by atoms with Crippen molar-refractivity contribution in [3.8, 4) is 0 Å². The number of carbonyl (C=O) groups is 2. The van der Waals surface area contributed by atoms with Crippen LogP contribution in [0.25, 0.3) is 5.76 Å². The highest BCUT2D eigenvalue weighted by Gasteiger charge is 2.48. The van der Waals surface area contributed by atoms with Crippen molar-refractivity contribution in [2.75, 3.05) is 4.90 Å². The molecule has 1 atom stereocenters. The second kappa shape index (κ2) is 7.50. The Morgan fingerprint density at radius 2 is 1.70 bits per heavy atom. The summed E-state index contributed by atoms with van der Waals surface area (Å²) in [6, 6.07) is 14.7. The first-order valence-electron chi connectivity index (χ1n) is 9.48. The largest absolute Gasteiger partial charge is 0.507 e. The van der Waals surface area contributed by atoms with Crippen molar-refractivity contribution >= 4 is 34.7 Å². The van der Waals surface area contributed by atoms with Crippen LogP contribution >= 0.6 is 11.6 Å². The zero-order chi connectivity index (χ0) is 21.6. The molecule has 4 rings (SSSR count). The van der Waals surface area contributed by atoms with Crippen LogP contribution in [0.15, 0.2) is 64.6 Å². The Hall–Kier alpha value is -3.31. The standard InChI is InChI=1S/C24H20ClNO4/c1-13-4-5-14(2)18(12-13)26-21(19-11-6-15(3)30-19)20(23(28)24(26)29)22(27)16-7-9-17(25)10-8-16/h4-12,21,27H,1-3H3/b22-20-. The van der Waals surface area contributed by atoms with Crippen LogP contribution in [0.3, 0.4) is 0 Å². The smallest absolute Gasteiger partial charge is 0.300 e. The SMILES string of the molecule is Cc1ccc(C)c(N2C(=O)C(=O)/C(=C(\O)c3ccc(Cl)cc3)C2c2ccc(C)o2)c1. The van der Waals surface area contributed by atoms with E-state index < -0.39 is 17.7 Å². The molecule has 1 unspecified atom stereocenters. The molecule has 3 aromatic rings. The molecule has 2 aromatic carbocycles. The highest BCUT2D eigenvalue weighted by Crippen LogP contribution is 2.43. The Morgan fingerprint density at radius 3 is 2.33 bits per heavy atom. The van der Waals surface area contributed by atoms with E-state index in [-0.39, 0.29) is 11.3 Å². The van der Waals surface area contributed by atoms with Crippen molar-refractivity contribution in [3.05, 3.63) is 93.4 Å². The minimum atomic E-state index is -0.880. The number of aliphatic hydroxyl groups excluding tert-OH is 1. The van der Waals surface area contributed by atoms with Gasteiger partial charge in [0.25, 0.3) is 11.7 Å². The van der Waals surface area contributed by atoms with E-state index in [9.17, 15) is 14.7 Å². The molecule has 0 bridgehead atoms. The van der Waals surface area contributed by atoms with Gasteiger partial charge in [-0.1, -0.05) is 23.7 Å². The van der Waals surface area contributed by atoms with Gasteiger partial charge in [-0.2, -0.15) is 0 Å². The molecule has 0 radical (unpaired) electrons. The third-order valence-electron chi connectivity index (χ3n) is 5.22. The molecular weight excluding hydrogens is 402 g/mol. The normalized spacial score (nSPS) is 18.3. The molecule has 1 aliphatic rings. The molecule has 5 nitrogen and oxygen atoms in total. The Labute approximate surface area is 179 Å². The van der Waals surface area contributed by atoms with Gasteiger partial charge in [0.2, 0.25) is 0 Å². The minimum Gasteiger partial charge on any atom is -0.507 e. The number of Topliss-reactive ketones (excluding diaryl/α,β-unsaturated/α-hetero) is 1. The summed E-state index contributed by atoms with van der Waals surface area (Å²) in [6.45, 7) is 5.57. The summed E-state index contributed by atoms with van der Waals surface area (Å²) >= 11 is 5.95. The fourth-order valence-electron chi connectivity index (χ4n) is 3.69. The van der Waals surface area contributed by atoms with E-state index in [0.29, 0.717) is 27.8 Å². The van der Waals surface area contributed by atoms with Crippen LogP contribution in [-0.2, 0) is 9.59 Å². The number of benzene rings is 2. The van der Waals surface area contributed by atoms with Crippen molar-refractivity contribution in [3.63, 3.8) is 0 Å². The molecule has 1 fully saturated rings. The lowest BCUT2D eigenvalue weighted by Crippen LogP contribution is -2.30. The predicted octanol–water partition coefficient (Wildman–Crippen LogP) is 5.48. The van der Waals surface area contributed by atoms with Crippen LogP contribution in [0, 0.1) is 20.8 Å². The summed E-state index contributed by atoms with van der Waals surface area (Å²) < 4.78 is 5.81. The van der Waals surface area contributed by atoms with Crippen molar-refractivity contribution in [1.29, 1.82) is 0 Å². The molecule has 0 aliphatic carbocycles. The molecule has 0 saturated carbocycles.